The van der Waals surface area contributed by atoms with Gasteiger partial charge >= 0.3 is 5.69 Å². The Bertz CT molecular complexity index is 1180. The number of nitro groups is 1. The molecular formula is C17H17N7O2S. The molecule has 10 heteroatoms. The lowest BCUT2D eigenvalue weighted by atomic mass is 9.86. The summed E-state index contributed by atoms with van der Waals surface area (Å²) in [5.41, 5.74) is 2.13. The first-order valence-corrected chi connectivity index (χ1v) is 9.75. The molecule has 0 fully saturated rings. The molecule has 4 aromatic rings. The summed E-state index contributed by atoms with van der Waals surface area (Å²) in [6.45, 7) is 2.53. The second-order valence-electron chi connectivity index (χ2n) is 6.90. The van der Waals surface area contributed by atoms with Crippen molar-refractivity contribution in [2.45, 2.75) is 39.2 Å². The SMILES string of the molecule is CC[C@H]1CCc2c(sc3ncn4nc(Cn5cc([N+](=O)[O-])cn5)nc4c23)C1. The Morgan fingerprint density at radius 1 is 1.44 bits per heavy atom. The molecule has 4 heterocycles. The first-order valence-electron chi connectivity index (χ1n) is 8.93. The predicted octanol–water partition coefficient (Wildman–Crippen LogP) is 3.01. The fourth-order valence-corrected chi connectivity index (χ4v) is 5.08. The van der Waals surface area contributed by atoms with Gasteiger partial charge < -0.3 is 0 Å². The van der Waals surface area contributed by atoms with E-state index in [2.05, 4.69) is 22.1 Å². The molecule has 0 saturated heterocycles. The van der Waals surface area contributed by atoms with E-state index in [1.165, 1.54) is 40.4 Å². The summed E-state index contributed by atoms with van der Waals surface area (Å²) in [4.78, 5) is 22.1. The molecule has 0 unspecified atom stereocenters. The van der Waals surface area contributed by atoms with Gasteiger partial charge in [-0.25, -0.2) is 14.5 Å². The van der Waals surface area contributed by atoms with Gasteiger partial charge in [-0.05, 0) is 30.7 Å². The molecule has 1 aliphatic rings. The van der Waals surface area contributed by atoms with E-state index in [-0.39, 0.29) is 12.2 Å². The second-order valence-corrected chi connectivity index (χ2v) is 7.98. The monoisotopic (exact) mass is 383 g/mol. The summed E-state index contributed by atoms with van der Waals surface area (Å²) in [7, 11) is 0. The van der Waals surface area contributed by atoms with E-state index in [9.17, 15) is 10.1 Å². The Labute approximate surface area is 157 Å². The largest absolute Gasteiger partial charge is 0.307 e. The van der Waals surface area contributed by atoms with Crippen molar-refractivity contribution in [2.75, 3.05) is 0 Å². The molecular weight excluding hydrogens is 366 g/mol. The zero-order chi connectivity index (χ0) is 18.5. The predicted molar refractivity (Wildman–Crippen MR) is 100.0 cm³/mol. The lowest BCUT2D eigenvalue weighted by Gasteiger charge is -2.20. The van der Waals surface area contributed by atoms with Crippen LogP contribution in [0.25, 0.3) is 15.9 Å². The third-order valence-corrected chi connectivity index (χ3v) is 6.41. The Morgan fingerprint density at radius 2 is 2.33 bits per heavy atom. The molecule has 27 heavy (non-hydrogen) atoms. The van der Waals surface area contributed by atoms with Crippen molar-refractivity contribution in [3.63, 3.8) is 0 Å². The summed E-state index contributed by atoms with van der Waals surface area (Å²) >= 11 is 1.77. The Morgan fingerprint density at radius 3 is 3.11 bits per heavy atom. The van der Waals surface area contributed by atoms with Gasteiger partial charge in [-0.15, -0.1) is 16.4 Å². The zero-order valence-corrected chi connectivity index (χ0v) is 15.5. The van der Waals surface area contributed by atoms with Crippen LogP contribution in [-0.4, -0.2) is 34.3 Å². The molecule has 1 aliphatic carbocycles. The first-order chi connectivity index (χ1) is 13.1. The van der Waals surface area contributed by atoms with Crippen LogP contribution in [0, 0.1) is 16.0 Å². The van der Waals surface area contributed by atoms with Gasteiger partial charge in [0.25, 0.3) is 0 Å². The molecule has 0 N–H and O–H groups in total. The number of fused-ring (bicyclic) bond motifs is 5. The minimum atomic E-state index is -0.463. The number of aryl methyl sites for hydroxylation is 1. The van der Waals surface area contributed by atoms with E-state index < -0.39 is 4.92 Å². The van der Waals surface area contributed by atoms with Gasteiger partial charge in [-0.2, -0.15) is 5.10 Å². The van der Waals surface area contributed by atoms with Crippen molar-refractivity contribution in [2.24, 2.45) is 5.92 Å². The molecule has 5 rings (SSSR count). The smallest absolute Gasteiger partial charge is 0.258 e. The maximum atomic E-state index is 10.8. The lowest BCUT2D eigenvalue weighted by Crippen LogP contribution is -2.11. The van der Waals surface area contributed by atoms with Crippen molar-refractivity contribution in [3.05, 3.63) is 45.1 Å². The lowest BCUT2D eigenvalue weighted by molar-refractivity contribution is -0.385. The number of hydrogen-bond donors (Lipinski definition) is 0. The topological polar surface area (TPSA) is 104 Å². The minimum absolute atomic E-state index is 0.0415. The van der Waals surface area contributed by atoms with Crippen LogP contribution >= 0.6 is 11.3 Å². The minimum Gasteiger partial charge on any atom is -0.258 e. The molecule has 0 spiro atoms. The number of hydrogen-bond acceptors (Lipinski definition) is 7. The van der Waals surface area contributed by atoms with Crippen molar-refractivity contribution in [1.29, 1.82) is 0 Å². The van der Waals surface area contributed by atoms with Crippen molar-refractivity contribution in [3.8, 4) is 0 Å². The van der Waals surface area contributed by atoms with Gasteiger partial charge in [-0.3, -0.25) is 14.8 Å². The van der Waals surface area contributed by atoms with Crippen LogP contribution in [-0.2, 0) is 19.4 Å². The Kier molecular flexibility index (Phi) is 3.67. The van der Waals surface area contributed by atoms with Gasteiger partial charge in [0.15, 0.2) is 11.5 Å². The Balaban J connectivity index is 1.56. The molecule has 0 amide bonds. The first kappa shape index (κ1) is 16.3. The van der Waals surface area contributed by atoms with Crippen LogP contribution in [0.15, 0.2) is 18.7 Å². The highest BCUT2D eigenvalue weighted by atomic mass is 32.1. The van der Waals surface area contributed by atoms with Gasteiger partial charge in [0.1, 0.15) is 30.1 Å². The van der Waals surface area contributed by atoms with Crippen LogP contribution in [0.2, 0.25) is 0 Å². The van der Waals surface area contributed by atoms with E-state index in [0.29, 0.717) is 5.82 Å². The summed E-state index contributed by atoms with van der Waals surface area (Å²) in [5.74, 6) is 1.31. The molecule has 0 aliphatic heterocycles. The van der Waals surface area contributed by atoms with Gasteiger partial charge in [0, 0.05) is 4.88 Å². The van der Waals surface area contributed by atoms with Crippen molar-refractivity contribution >= 4 is 32.9 Å². The van der Waals surface area contributed by atoms with Gasteiger partial charge in [0.05, 0.1) is 10.3 Å². The normalized spacial score (nSPS) is 16.9. The van der Waals surface area contributed by atoms with Crippen molar-refractivity contribution < 1.29 is 4.92 Å². The quantitative estimate of drug-likeness (QED) is 0.396. The van der Waals surface area contributed by atoms with Gasteiger partial charge in [0.2, 0.25) is 0 Å². The highest BCUT2D eigenvalue weighted by Crippen LogP contribution is 2.39. The van der Waals surface area contributed by atoms with Crippen LogP contribution in [0.3, 0.4) is 0 Å². The highest BCUT2D eigenvalue weighted by molar-refractivity contribution is 7.19. The third-order valence-electron chi connectivity index (χ3n) is 5.24. The van der Waals surface area contributed by atoms with E-state index in [1.807, 2.05) is 0 Å². The molecule has 9 nitrogen and oxygen atoms in total. The summed E-state index contributed by atoms with van der Waals surface area (Å²) < 4.78 is 3.18. The van der Waals surface area contributed by atoms with Gasteiger partial charge in [-0.1, -0.05) is 13.3 Å². The average Bonchev–Trinajstić information content (AvgIpc) is 3.36. The standard InChI is InChI=1S/C17H17N7O2S/c1-2-10-3-4-12-13(5-10)27-17-15(12)16-20-14(21-23(16)9-18-17)8-22-7-11(6-19-22)24(25)26/h6-7,9-10H,2-5,8H2,1H3/t10-/m0/s1. The fraction of sp³-hybridized carbons (Fsp3) is 0.412. The van der Waals surface area contributed by atoms with Crippen LogP contribution in [0.1, 0.15) is 36.0 Å². The molecule has 1 atom stereocenters. The molecule has 0 aromatic carbocycles. The maximum absolute atomic E-state index is 10.8. The van der Waals surface area contributed by atoms with E-state index >= 15 is 0 Å². The van der Waals surface area contributed by atoms with E-state index in [4.69, 9.17) is 4.98 Å². The number of thiophene rings is 1. The average molecular weight is 383 g/mol. The summed E-state index contributed by atoms with van der Waals surface area (Å²) in [6.07, 6.45) is 8.90. The van der Waals surface area contributed by atoms with Crippen molar-refractivity contribution in [1.82, 2.24) is 29.4 Å². The van der Waals surface area contributed by atoms with E-state index in [0.717, 1.165) is 34.6 Å². The molecule has 138 valence electrons. The highest BCUT2D eigenvalue weighted by Gasteiger charge is 2.24. The summed E-state index contributed by atoms with van der Waals surface area (Å²) in [5, 5.41) is 20.4. The maximum Gasteiger partial charge on any atom is 0.307 e. The molecule has 0 saturated carbocycles. The van der Waals surface area contributed by atoms with Crippen LogP contribution < -0.4 is 0 Å². The fourth-order valence-electron chi connectivity index (χ4n) is 3.78. The zero-order valence-electron chi connectivity index (χ0n) is 14.7. The van der Waals surface area contributed by atoms with Crippen LogP contribution in [0.5, 0.6) is 0 Å². The number of rotatable bonds is 4. The van der Waals surface area contributed by atoms with E-state index in [1.54, 1.807) is 22.2 Å². The van der Waals surface area contributed by atoms with Crippen LogP contribution in [0.4, 0.5) is 5.69 Å². The number of nitrogens with zero attached hydrogens (tertiary/aromatic N) is 7. The second kappa shape index (κ2) is 6.08. The Hall–Kier alpha value is -2.88. The molecule has 0 bridgehead atoms. The molecule has 0 radical (unpaired) electrons. The summed E-state index contributed by atoms with van der Waals surface area (Å²) in [6, 6.07) is 0. The number of aromatic nitrogens is 6. The molecule has 4 aromatic heterocycles. The third kappa shape index (κ3) is 2.67.